The number of esters is 1. The summed E-state index contributed by atoms with van der Waals surface area (Å²) >= 11 is 0. The van der Waals surface area contributed by atoms with E-state index in [0.29, 0.717) is 6.54 Å². The molecule has 5 rings (SSSR count). The van der Waals surface area contributed by atoms with Gasteiger partial charge in [0.1, 0.15) is 5.54 Å². The largest absolute Gasteiger partial charge is 0.451 e. The number of nitrogens with zero attached hydrogens (tertiary/aromatic N) is 3. The number of amides is 1. The van der Waals surface area contributed by atoms with Crippen LogP contribution in [0.2, 0.25) is 0 Å². The van der Waals surface area contributed by atoms with Gasteiger partial charge in [0, 0.05) is 18.5 Å². The number of hydrogen-bond donors (Lipinski definition) is 1. The topological polar surface area (TPSA) is 117 Å². The van der Waals surface area contributed by atoms with Crippen molar-refractivity contribution in [1.82, 2.24) is 14.7 Å². The molecule has 2 aromatic carbocycles. The molecule has 1 atom stereocenters. The van der Waals surface area contributed by atoms with Crippen LogP contribution in [0.15, 0.2) is 59.5 Å². The lowest BCUT2D eigenvalue weighted by molar-refractivity contribution is -0.155. The van der Waals surface area contributed by atoms with Gasteiger partial charge in [0.25, 0.3) is 5.91 Å². The van der Waals surface area contributed by atoms with Crippen molar-refractivity contribution in [3.8, 4) is 5.75 Å². The molecule has 9 heteroatoms. The Morgan fingerprint density at radius 1 is 1.05 bits per heavy atom. The van der Waals surface area contributed by atoms with Crippen molar-refractivity contribution in [3.05, 3.63) is 92.9 Å². The van der Waals surface area contributed by atoms with Gasteiger partial charge in [-0.05, 0) is 62.8 Å². The summed E-state index contributed by atoms with van der Waals surface area (Å²) in [7, 11) is 0. The highest BCUT2D eigenvalue weighted by Crippen LogP contribution is 2.44. The van der Waals surface area contributed by atoms with Crippen LogP contribution < -0.4 is 15.9 Å². The molecule has 0 saturated heterocycles. The quantitative estimate of drug-likeness (QED) is 0.384. The molecule has 1 aliphatic carbocycles. The Bertz CT molecular complexity index is 1430. The molecular formula is C30H34N4O5. The molecule has 2 aliphatic rings. The first-order valence-electron chi connectivity index (χ1n) is 13.2. The van der Waals surface area contributed by atoms with Gasteiger partial charge in [-0.25, -0.2) is 4.79 Å². The fraction of sp³-hybridized carbons (Fsp3) is 0.400. The van der Waals surface area contributed by atoms with E-state index in [0.717, 1.165) is 19.0 Å². The molecule has 3 aromatic rings. The number of nitrogens with two attached hydrogens (primary N) is 1. The van der Waals surface area contributed by atoms with Crippen LogP contribution in [-0.2, 0) is 22.4 Å². The average molecular weight is 531 g/mol. The molecule has 9 nitrogen and oxygen atoms in total. The number of rotatable bonds is 6. The maximum atomic E-state index is 13.8. The number of aryl methyl sites for hydroxylation is 2. The Morgan fingerprint density at radius 2 is 1.64 bits per heavy atom. The van der Waals surface area contributed by atoms with Crippen LogP contribution in [0, 0.1) is 0 Å². The lowest BCUT2D eigenvalue weighted by Gasteiger charge is -2.41. The first-order valence-corrected chi connectivity index (χ1v) is 13.2. The number of carbonyl (C=O) groups is 2. The van der Waals surface area contributed by atoms with Crippen molar-refractivity contribution in [3.63, 3.8) is 0 Å². The summed E-state index contributed by atoms with van der Waals surface area (Å²) in [6, 6.07) is 16.3. The molecule has 0 saturated carbocycles. The fourth-order valence-electron chi connectivity index (χ4n) is 5.54. The Kier molecular flexibility index (Phi) is 7.03. The molecule has 1 aliphatic heterocycles. The van der Waals surface area contributed by atoms with E-state index in [1.807, 2.05) is 26.0 Å². The van der Waals surface area contributed by atoms with Gasteiger partial charge >= 0.3 is 5.97 Å². The van der Waals surface area contributed by atoms with Crippen molar-refractivity contribution in [2.45, 2.75) is 64.1 Å². The monoisotopic (exact) mass is 530 g/mol. The van der Waals surface area contributed by atoms with Gasteiger partial charge < -0.3 is 20.1 Å². The van der Waals surface area contributed by atoms with Gasteiger partial charge in [0.2, 0.25) is 18.0 Å². The number of aromatic nitrogens is 2. The number of ether oxygens (including phenoxy) is 2. The summed E-state index contributed by atoms with van der Waals surface area (Å²) in [6.07, 6.45) is 2.98. The van der Waals surface area contributed by atoms with E-state index in [2.05, 4.69) is 41.5 Å². The van der Waals surface area contributed by atoms with Gasteiger partial charge in [-0.2, -0.15) is 5.10 Å². The van der Waals surface area contributed by atoms with Crippen molar-refractivity contribution < 1.29 is 19.1 Å². The van der Waals surface area contributed by atoms with Gasteiger partial charge in [0.15, 0.2) is 5.69 Å². The summed E-state index contributed by atoms with van der Waals surface area (Å²) in [5.41, 5.74) is 8.91. The van der Waals surface area contributed by atoms with Gasteiger partial charge in [-0.3, -0.25) is 14.3 Å². The minimum Gasteiger partial charge on any atom is -0.451 e. The molecule has 204 valence electrons. The summed E-state index contributed by atoms with van der Waals surface area (Å²) in [5.74, 6) is -1.36. The smallest absolute Gasteiger partial charge is 0.328 e. The molecule has 0 radical (unpaired) electrons. The second-order valence-electron chi connectivity index (χ2n) is 11.0. The van der Waals surface area contributed by atoms with Crippen molar-refractivity contribution >= 4 is 11.9 Å². The van der Waals surface area contributed by atoms with Crippen LogP contribution in [0.3, 0.4) is 0 Å². The van der Waals surface area contributed by atoms with E-state index in [-0.39, 0.29) is 35.4 Å². The standard InChI is InChI=1S/C30H34N4O5/c1-18(2)33-16-23(25-21-11-7-5-9-19(21)13-14-20-10-6-8-12-22(20)25)34-26(28(33)36)27(24(35)15-32-34)38-17-39-29(37)30(3,4)31/h5-12,15,18,23,25H,13-14,16-17,31H2,1-4H3. The van der Waals surface area contributed by atoms with Crippen molar-refractivity contribution in [2.24, 2.45) is 5.73 Å². The second-order valence-corrected chi connectivity index (χ2v) is 11.0. The highest BCUT2D eigenvalue weighted by atomic mass is 16.7. The van der Waals surface area contributed by atoms with Crippen LogP contribution in [0.1, 0.15) is 72.4 Å². The molecule has 39 heavy (non-hydrogen) atoms. The van der Waals surface area contributed by atoms with Crippen molar-refractivity contribution in [2.75, 3.05) is 13.3 Å². The predicted octanol–water partition coefficient (Wildman–Crippen LogP) is 3.20. The zero-order valence-electron chi connectivity index (χ0n) is 22.7. The minimum absolute atomic E-state index is 0.0507. The molecule has 1 aromatic heterocycles. The molecule has 0 spiro atoms. The van der Waals surface area contributed by atoms with Crippen LogP contribution in [0.25, 0.3) is 0 Å². The maximum absolute atomic E-state index is 13.8. The van der Waals surface area contributed by atoms with E-state index in [1.165, 1.54) is 36.1 Å². The molecule has 0 bridgehead atoms. The van der Waals surface area contributed by atoms with Crippen molar-refractivity contribution in [1.29, 1.82) is 0 Å². The molecular weight excluding hydrogens is 496 g/mol. The summed E-state index contributed by atoms with van der Waals surface area (Å²) in [5, 5.41) is 4.49. The molecule has 1 unspecified atom stereocenters. The third-order valence-electron chi connectivity index (χ3n) is 7.50. The number of fused-ring (bicyclic) bond motifs is 3. The summed E-state index contributed by atoms with van der Waals surface area (Å²) in [4.78, 5) is 40.7. The van der Waals surface area contributed by atoms with Crippen LogP contribution in [-0.4, -0.2) is 51.5 Å². The van der Waals surface area contributed by atoms with E-state index in [1.54, 1.807) is 9.58 Å². The predicted molar refractivity (Wildman–Crippen MR) is 146 cm³/mol. The highest BCUT2D eigenvalue weighted by molar-refractivity contribution is 5.96. The molecule has 2 heterocycles. The van der Waals surface area contributed by atoms with Crippen LogP contribution in [0.5, 0.6) is 5.75 Å². The maximum Gasteiger partial charge on any atom is 0.328 e. The average Bonchev–Trinajstić information content (AvgIpc) is 3.06. The summed E-state index contributed by atoms with van der Waals surface area (Å²) in [6.45, 7) is 6.76. The third kappa shape index (κ3) is 4.94. The zero-order valence-corrected chi connectivity index (χ0v) is 22.7. The Labute approximate surface area is 227 Å². The first-order chi connectivity index (χ1) is 18.6. The van der Waals surface area contributed by atoms with E-state index < -0.39 is 23.7 Å². The minimum atomic E-state index is -1.23. The second kappa shape index (κ2) is 10.3. The molecule has 1 amide bonds. The summed E-state index contributed by atoms with van der Waals surface area (Å²) < 4.78 is 12.5. The third-order valence-corrected chi connectivity index (χ3v) is 7.50. The highest BCUT2D eigenvalue weighted by Gasteiger charge is 2.42. The Balaban J connectivity index is 1.65. The normalized spacial score (nSPS) is 17.2. The first kappa shape index (κ1) is 26.6. The van der Waals surface area contributed by atoms with Gasteiger partial charge in [-0.1, -0.05) is 48.5 Å². The number of carbonyl (C=O) groups excluding carboxylic acids is 2. The molecule has 0 fully saturated rings. The lowest BCUT2D eigenvalue weighted by atomic mass is 9.81. The Hall–Kier alpha value is -3.98. The lowest BCUT2D eigenvalue weighted by Crippen LogP contribution is -2.50. The van der Waals surface area contributed by atoms with Crippen LogP contribution >= 0.6 is 0 Å². The SMILES string of the molecule is CC(C)N1CC(C2c3ccccc3CCc3ccccc32)n2ncc(=O)c(OCOC(=O)C(C)(C)N)c2C1=O. The van der Waals surface area contributed by atoms with Gasteiger partial charge in [0.05, 0.1) is 12.2 Å². The van der Waals surface area contributed by atoms with E-state index >= 15 is 0 Å². The van der Waals surface area contributed by atoms with E-state index in [9.17, 15) is 14.4 Å². The Morgan fingerprint density at radius 3 is 2.21 bits per heavy atom. The number of hydrogen-bond acceptors (Lipinski definition) is 7. The van der Waals surface area contributed by atoms with Gasteiger partial charge in [-0.15, -0.1) is 0 Å². The fourth-order valence-corrected chi connectivity index (χ4v) is 5.54. The van der Waals surface area contributed by atoms with Crippen LogP contribution in [0.4, 0.5) is 0 Å². The van der Waals surface area contributed by atoms with E-state index in [4.69, 9.17) is 15.2 Å². The molecule has 2 N–H and O–H groups in total. The number of benzene rings is 2. The zero-order chi connectivity index (χ0) is 27.9.